The van der Waals surface area contributed by atoms with E-state index in [0.29, 0.717) is 6.04 Å². The first-order valence-electron chi connectivity index (χ1n) is 5.90. The van der Waals surface area contributed by atoms with Crippen molar-refractivity contribution in [1.82, 2.24) is 9.88 Å². The summed E-state index contributed by atoms with van der Waals surface area (Å²) < 4.78 is 0. The molecular formula is C13H22N2. The molecule has 1 aromatic rings. The molecule has 0 saturated carbocycles. The zero-order valence-electron chi connectivity index (χ0n) is 10.3. The fraction of sp³-hybridized carbons (Fsp3) is 0.615. The maximum Gasteiger partial charge on any atom is 0.0372 e. The number of hydrogen-bond donors (Lipinski definition) is 0. The van der Waals surface area contributed by atoms with Gasteiger partial charge in [-0.2, -0.15) is 0 Å². The summed E-state index contributed by atoms with van der Waals surface area (Å²) in [5, 5.41) is 0. The van der Waals surface area contributed by atoms with Crippen LogP contribution in [0.15, 0.2) is 18.3 Å². The zero-order valence-corrected chi connectivity index (χ0v) is 10.3. The molecule has 0 bridgehead atoms. The van der Waals surface area contributed by atoms with Crippen molar-refractivity contribution >= 4 is 0 Å². The first-order valence-corrected chi connectivity index (χ1v) is 5.90. The van der Waals surface area contributed by atoms with E-state index in [9.17, 15) is 0 Å². The summed E-state index contributed by atoms with van der Waals surface area (Å²) in [6, 6.07) is 4.91. The minimum atomic E-state index is 0.605. The van der Waals surface area contributed by atoms with Gasteiger partial charge in [0.05, 0.1) is 0 Å². The first kappa shape index (κ1) is 12.2. The summed E-state index contributed by atoms with van der Waals surface area (Å²) in [6.45, 7) is 7.25. The molecule has 0 unspecified atom stereocenters. The van der Waals surface area contributed by atoms with Crippen molar-refractivity contribution in [1.29, 1.82) is 0 Å². The molecule has 0 N–H and O–H groups in total. The summed E-state index contributed by atoms with van der Waals surface area (Å²) >= 11 is 0. The average Bonchev–Trinajstić information content (AvgIpc) is 2.69. The lowest BCUT2D eigenvalue weighted by molar-refractivity contribution is 0.317. The number of rotatable bonds is 1. The third-order valence-electron chi connectivity index (χ3n) is 2.84. The van der Waals surface area contributed by atoms with Gasteiger partial charge in [-0.3, -0.25) is 9.88 Å². The Morgan fingerprint density at radius 1 is 1.33 bits per heavy atom. The van der Waals surface area contributed by atoms with Gasteiger partial charge in [0.15, 0.2) is 0 Å². The van der Waals surface area contributed by atoms with Gasteiger partial charge in [0.25, 0.3) is 0 Å². The molecule has 1 saturated heterocycles. The highest BCUT2D eigenvalue weighted by molar-refractivity contribution is 5.18. The molecule has 0 aromatic carbocycles. The molecule has 1 fully saturated rings. The first-order chi connectivity index (χ1) is 7.27. The highest BCUT2D eigenvalue weighted by Gasteiger charge is 2.22. The second kappa shape index (κ2) is 5.86. The molecule has 2 nitrogen and oxygen atoms in total. The summed E-state index contributed by atoms with van der Waals surface area (Å²) in [7, 11) is 2.19. The van der Waals surface area contributed by atoms with Gasteiger partial charge in [-0.15, -0.1) is 0 Å². The highest BCUT2D eigenvalue weighted by Crippen LogP contribution is 2.29. The van der Waals surface area contributed by atoms with Gasteiger partial charge in [0.2, 0.25) is 0 Å². The minimum Gasteiger partial charge on any atom is -0.299 e. The van der Waals surface area contributed by atoms with Gasteiger partial charge in [-0.1, -0.05) is 19.9 Å². The van der Waals surface area contributed by atoms with E-state index < -0.39 is 0 Å². The molecular weight excluding hydrogens is 184 g/mol. The van der Waals surface area contributed by atoms with Gasteiger partial charge in [-0.25, -0.2) is 0 Å². The smallest absolute Gasteiger partial charge is 0.0372 e. The van der Waals surface area contributed by atoms with E-state index in [4.69, 9.17) is 0 Å². The topological polar surface area (TPSA) is 16.1 Å². The van der Waals surface area contributed by atoms with Crippen LogP contribution < -0.4 is 0 Å². The molecule has 1 aliphatic rings. The van der Waals surface area contributed by atoms with Gasteiger partial charge in [-0.05, 0) is 45.0 Å². The van der Waals surface area contributed by atoms with E-state index >= 15 is 0 Å². The Morgan fingerprint density at radius 3 is 2.53 bits per heavy atom. The molecule has 84 valence electrons. The number of pyridine rings is 1. The van der Waals surface area contributed by atoms with Crippen LogP contribution in [0.5, 0.6) is 0 Å². The van der Waals surface area contributed by atoms with Gasteiger partial charge in [0, 0.05) is 17.9 Å². The summed E-state index contributed by atoms with van der Waals surface area (Å²) in [4.78, 5) is 6.74. The molecule has 2 rings (SSSR count). The lowest BCUT2D eigenvalue weighted by Crippen LogP contribution is -2.17. The van der Waals surface area contributed by atoms with Crippen molar-refractivity contribution in [3.8, 4) is 0 Å². The van der Waals surface area contributed by atoms with Gasteiger partial charge >= 0.3 is 0 Å². The minimum absolute atomic E-state index is 0.605. The molecule has 0 aliphatic carbocycles. The van der Waals surface area contributed by atoms with Gasteiger partial charge < -0.3 is 0 Å². The van der Waals surface area contributed by atoms with Crippen LogP contribution in [-0.4, -0.2) is 23.5 Å². The molecule has 1 aliphatic heterocycles. The quantitative estimate of drug-likeness (QED) is 0.701. The van der Waals surface area contributed by atoms with Crippen LogP contribution in [0, 0.1) is 6.92 Å². The lowest BCUT2D eigenvalue weighted by atomic mass is 10.1. The molecule has 2 heteroatoms. The molecule has 0 spiro atoms. The predicted molar refractivity (Wildman–Crippen MR) is 64.9 cm³/mol. The summed E-state index contributed by atoms with van der Waals surface area (Å²) in [5.74, 6) is 0. The molecule has 2 heterocycles. The molecule has 0 radical (unpaired) electrons. The largest absolute Gasteiger partial charge is 0.299 e. The Hall–Kier alpha value is -0.890. The lowest BCUT2D eigenvalue weighted by Gasteiger charge is -2.19. The summed E-state index contributed by atoms with van der Waals surface area (Å²) in [6.07, 6.45) is 4.61. The second-order valence-electron chi connectivity index (χ2n) is 3.87. The second-order valence-corrected chi connectivity index (χ2v) is 3.87. The van der Waals surface area contributed by atoms with Crippen molar-refractivity contribution < 1.29 is 0 Å². The number of nitrogens with zero attached hydrogens (tertiary/aromatic N) is 2. The van der Waals surface area contributed by atoms with Crippen molar-refractivity contribution in [2.75, 3.05) is 13.6 Å². The standard InChI is InChI=1S/C11H16N2.C2H6/c1-9-5-6-10(8-12-9)11-4-3-7-13(11)2;1-2/h5-6,8,11H,3-4,7H2,1-2H3;1-2H3/t11-;/m0./s1. The van der Waals surface area contributed by atoms with Crippen LogP contribution in [0.25, 0.3) is 0 Å². The van der Waals surface area contributed by atoms with Crippen LogP contribution in [0.2, 0.25) is 0 Å². The van der Waals surface area contributed by atoms with Crippen molar-refractivity contribution in [2.45, 2.75) is 39.7 Å². The number of aromatic nitrogens is 1. The fourth-order valence-electron chi connectivity index (χ4n) is 2.01. The van der Waals surface area contributed by atoms with E-state index in [0.717, 1.165) is 5.69 Å². The Bertz CT molecular complexity index is 279. The zero-order chi connectivity index (χ0) is 11.3. The molecule has 0 amide bonds. The van der Waals surface area contributed by atoms with E-state index in [2.05, 4.69) is 29.1 Å². The maximum absolute atomic E-state index is 4.33. The molecule has 1 aromatic heterocycles. The normalized spacial score (nSPS) is 20.9. The van der Waals surface area contributed by atoms with E-state index in [1.807, 2.05) is 27.0 Å². The number of hydrogen-bond acceptors (Lipinski definition) is 2. The van der Waals surface area contributed by atoms with Crippen LogP contribution in [0.3, 0.4) is 0 Å². The van der Waals surface area contributed by atoms with Crippen molar-refractivity contribution in [3.05, 3.63) is 29.6 Å². The van der Waals surface area contributed by atoms with E-state index in [1.54, 1.807) is 0 Å². The van der Waals surface area contributed by atoms with Crippen molar-refractivity contribution in [3.63, 3.8) is 0 Å². The van der Waals surface area contributed by atoms with Crippen molar-refractivity contribution in [2.24, 2.45) is 0 Å². The number of aryl methyl sites for hydroxylation is 1. The van der Waals surface area contributed by atoms with Crippen LogP contribution in [-0.2, 0) is 0 Å². The Labute approximate surface area is 93.3 Å². The van der Waals surface area contributed by atoms with E-state index in [1.165, 1.54) is 24.9 Å². The summed E-state index contributed by atoms with van der Waals surface area (Å²) in [5.41, 5.74) is 2.47. The monoisotopic (exact) mass is 206 g/mol. The van der Waals surface area contributed by atoms with Crippen LogP contribution >= 0.6 is 0 Å². The van der Waals surface area contributed by atoms with E-state index in [-0.39, 0.29) is 0 Å². The van der Waals surface area contributed by atoms with Crippen LogP contribution in [0.4, 0.5) is 0 Å². The fourth-order valence-corrected chi connectivity index (χ4v) is 2.01. The third kappa shape index (κ3) is 3.03. The highest BCUT2D eigenvalue weighted by atomic mass is 15.1. The molecule has 15 heavy (non-hydrogen) atoms. The maximum atomic E-state index is 4.33. The SMILES string of the molecule is CC.Cc1ccc([C@@H]2CCCN2C)cn1. The van der Waals surface area contributed by atoms with Gasteiger partial charge in [0.1, 0.15) is 0 Å². The Kier molecular flexibility index (Phi) is 4.76. The van der Waals surface area contributed by atoms with Crippen LogP contribution in [0.1, 0.15) is 44.0 Å². The predicted octanol–water partition coefficient (Wildman–Crippen LogP) is 3.18. The third-order valence-corrected chi connectivity index (χ3v) is 2.84. The Balaban J connectivity index is 0.000000531. The number of likely N-dealkylation sites (tertiary alicyclic amines) is 1. The average molecular weight is 206 g/mol. The molecule has 1 atom stereocenters. The Morgan fingerprint density at radius 2 is 2.07 bits per heavy atom.